The van der Waals surface area contributed by atoms with E-state index in [0.29, 0.717) is 35.9 Å². The molecule has 1 unspecified atom stereocenters. The Kier molecular flexibility index (Phi) is 8.53. The van der Waals surface area contributed by atoms with Gasteiger partial charge < -0.3 is 28.7 Å². The number of fused-ring (bicyclic) bond motifs is 1. The number of rotatable bonds is 11. The second kappa shape index (κ2) is 12.0. The van der Waals surface area contributed by atoms with Crippen molar-refractivity contribution < 1.29 is 28.2 Å². The number of aromatic nitrogens is 1. The lowest BCUT2D eigenvalue weighted by Crippen LogP contribution is -2.38. The Labute approximate surface area is 211 Å². The van der Waals surface area contributed by atoms with Gasteiger partial charge in [0, 0.05) is 31.7 Å². The quantitative estimate of drug-likeness (QED) is 0.380. The molecule has 194 valence electrons. The van der Waals surface area contributed by atoms with Crippen molar-refractivity contribution in [1.29, 1.82) is 0 Å². The van der Waals surface area contributed by atoms with E-state index in [1.807, 2.05) is 19.9 Å². The van der Waals surface area contributed by atoms with Gasteiger partial charge in [0.25, 0.3) is 6.01 Å². The predicted molar refractivity (Wildman–Crippen MR) is 137 cm³/mol. The van der Waals surface area contributed by atoms with E-state index in [1.165, 1.54) is 12.7 Å². The van der Waals surface area contributed by atoms with Crippen LogP contribution in [0, 0.1) is 0 Å². The Bertz CT molecular complexity index is 1160. The number of hydrogen-bond donors (Lipinski definition) is 1. The summed E-state index contributed by atoms with van der Waals surface area (Å²) < 4.78 is 27.6. The van der Waals surface area contributed by atoms with Crippen LogP contribution < -0.4 is 19.5 Å². The van der Waals surface area contributed by atoms with E-state index in [4.69, 9.17) is 23.4 Å². The van der Waals surface area contributed by atoms with Gasteiger partial charge in [0.15, 0.2) is 23.2 Å². The van der Waals surface area contributed by atoms with Gasteiger partial charge in [-0.2, -0.15) is 4.98 Å². The van der Waals surface area contributed by atoms with Gasteiger partial charge in [0.1, 0.15) is 11.3 Å². The molecule has 0 radical (unpaired) electrons. The molecule has 2 heterocycles. The fourth-order valence-corrected chi connectivity index (χ4v) is 4.39. The minimum Gasteiger partial charge on any atom is -0.493 e. The number of benzene rings is 2. The lowest BCUT2D eigenvalue weighted by Gasteiger charge is -2.32. The van der Waals surface area contributed by atoms with Crippen LogP contribution in [0.15, 0.2) is 40.8 Å². The molecule has 1 aromatic heterocycles. The fraction of sp³-hybridized carbons (Fsp3) is 0.481. The van der Waals surface area contributed by atoms with Crippen molar-refractivity contribution in [2.24, 2.45) is 0 Å². The molecule has 0 amide bonds. The second-order valence-corrected chi connectivity index (χ2v) is 8.80. The Morgan fingerprint density at radius 2 is 1.94 bits per heavy atom. The summed E-state index contributed by atoms with van der Waals surface area (Å²) in [6.45, 7) is 7.26. The Morgan fingerprint density at radius 1 is 1.14 bits per heavy atom. The number of nitrogens with one attached hydrogen (secondary N) is 1. The number of ether oxygens (including phenoxy) is 4. The molecule has 9 heteroatoms. The van der Waals surface area contributed by atoms with Crippen LogP contribution in [0.3, 0.4) is 0 Å². The third-order valence-corrected chi connectivity index (χ3v) is 6.32. The first-order chi connectivity index (χ1) is 17.5. The summed E-state index contributed by atoms with van der Waals surface area (Å²) in [7, 11) is 3.01. The van der Waals surface area contributed by atoms with E-state index in [0.717, 1.165) is 44.0 Å². The summed E-state index contributed by atoms with van der Waals surface area (Å²) in [4.78, 5) is 18.8. The van der Waals surface area contributed by atoms with Crippen LogP contribution in [0.2, 0.25) is 0 Å². The number of nitrogens with zero attached hydrogens (tertiary/aromatic N) is 2. The van der Waals surface area contributed by atoms with E-state index >= 15 is 0 Å². The lowest BCUT2D eigenvalue weighted by atomic mass is 10.0. The molecule has 2 aromatic carbocycles. The zero-order valence-corrected chi connectivity index (χ0v) is 21.4. The van der Waals surface area contributed by atoms with Crippen LogP contribution in [-0.2, 0) is 16.1 Å². The largest absolute Gasteiger partial charge is 0.493 e. The smallest absolute Gasteiger partial charge is 0.347 e. The van der Waals surface area contributed by atoms with Crippen molar-refractivity contribution in [3.63, 3.8) is 0 Å². The van der Waals surface area contributed by atoms with Crippen LogP contribution in [0.5, 0.6) is 17.2 Å². The summed E-state index contributed by atoms with van der Waals surface area (Å²) in [5.74, 6) is 1.70. The highest BCUT2D eigenvalue weighted by molar-refractivity contribution is 5.77. The molecule has 1 fully saturated rings. The van der Waals surface area contributed by atoms with Gasteiger partial charge >= 0.3 is 5.97 Å². The van der Waals surface area contributed by atoms with Crippen molar-refractivity contribution in [2.45, 2.75) is 51.8 Å². The van der Waals surface area contributed by atoms with Gasteiger partial charge in [0.05, 0.1) is 20.8 Å². The van der Waals surface area contributed by atoms with Gasteiger partial charge in [-0.05, 0) is 56.0 Å². The molecular weight excluding hydrogens is 462 g/mol. The number of carbonyl (C=O) groups is 1. The average molecular weight is 498 g/mol. The number of carbonyl (C=O) groups excluding carboxylic acids is 1. The molecule has 1 saturated heterocycles. The maximum atomic E-state index is 11.8. The van der Waals surface area contributed by atoms with E-state index in [9.17, 15) is 4.79 Å². The maximum Gasteiger partial charge on any atom is 0.347 e. The first kappa shape index (κ1) is 25.6. The van der Waals surface area contributed by atoms with Crippen LogP contribution in [0.1, 0.15) is 38.7 Å². The van der Waals surface area contributed by atoms with Crippen LogP contribution in [0.4, 0.5) is 6.01 Å². The third-order valence-electron chi connectivity index (χ3n) is 6.32. The van der Waals surface area contributed by atoms with Gasteiger partial charge in [-0.1, -0.05) is 13.0 Å². The van der Waals surface area contributed by atoms with Gasteiger partial charge in [-0.3, -0.25) is 4.90 Å². The summed E-state index contributed by atoms with van der Waals surface area (Å²) in [6.07, 6.45) is 1.84. The Morgan fingerprint density at radius 3 is 2.64 bits per heavy atom. The van der Waals surface area contributed by atoms with Crippen molar-refractivity contribution in [3.8, 4) is 17.2 Å². The number of likely N-dealkylation sites (tertiary alicyclic amines) is 1. The fourth-order valence-electron chi connectivity index (χ4n) is 4.39. The molecule has 3 aromatic rings. The second-order valence-electron chi connectivity index (χ2n) is 8.80. The number of oxazole rings is 1. The summed E-state index contributed by atoms with van der Waals surface area (Å²) in [6, 6.07) is 12.3. The van der Waals surface area contributed by atoms with E-state index < -0.39 is 12.1 Å². The molecule has 0 spiro atoms. The minimum absolute atomic E-state index is 0.281. The molecule has 1 atom stereocenters. The van der Waals surface area contributed by atoms with E-state index in [2.05, 4.69) is 27.3 Å². The van der Waals surface area contributed by atoms with Gasteiger partial charge in [-0.25, -0.2) is 4.79 Å². The zero-order valence-electron chi connectivity index (χ0n) is 21.4. The maximum absolute atomic E-state index is 11.8. The number of anilines is 1. The summed E-state index contributed by atoms with van der Waals surface area (Å²) in [5, 5.41) is 3.44. The highest BCUT2D eigenvalue weighted by Gasteiger charge is 2.22. The standard InChI is InChI=1S/C27H35N3O6/c1-5-22(26(31)33-4)35-20-8-10-23-21(16-20)29-27(36-23)28-19-11-13-30(14-12-19)17-18-7-9-24(32-3)25(15-18)34-6-2/h7-10,15-16,19,22H,5-6,11-14,17H2,1-4H3,(H,28,29). The monoisotopic (exact) mass is 497 g/mol. The molecule has 0 bridgehead atoms. The third kappa shape index (κ3) is 6.20. The van der Waals surface area contributed by atoms with E-state index in [1.54, 1.807) is 25.3 Å². The van der Waals surface area contributed by atoms with Gasteiger partial charge in [0.2, 0.25) is 0 Å². The average Bonchev–Trinajstić information content (AvgIpc) is 3.30. The molecule has 1 N–H and O–H groups in total. The first-order valence-electron chi connectivity index (χ1n) is 12.5. The predicted octanol–water partition coefficient (Wildman–Crippen LogP) is 4.64. The van der Waals surface area contributed by atoms with Crippen LogP contribution >= 0.6 is 0 Å². The molecular formula is C27H35N3O6. The van der Waals surface area contributed by atoms with Crippen molar-refractivity contribution >= 4 is 23.1 Å². The topological polar surface area (TPSA) is 95.3 Å². The van der Waals surface area contributed by atoms with Crippen LogP contribution in [-0.4, -0.2) is 61.9 Å². The van der Waals surface area contributed by atoms with Crippen molar-refractivity contribution in [1.82, 2.24) is 9.88 Å². The molecule has 9 nitrogen and oxygen atoms in total. The zero-order chi connectivity index (χ0) is 25.5. The SMILES string of the molecule is CCOc1cc(CN2CCC(Nc3nc4cc(OC(CC)C(=O)OC)ccc4o3)CC2)ccc1OC. The van der Waals surface area contributed by atoms with Crippen molar-refractivity contribution in [2.75, 3.05) is 39.2 Å². The number of hydrogen-bond acceptors (Lipinski definition) is 9. The molecule has 36 heavy (non-hydrogen) atoms. The van der Waals surface area contributed by atoms with Crippen molar-refractivity contribution in [3.05, 3.63) is 42.0 Å². The van der Waals surface area contributed by atoms with Crippen LogP contribution in [0.25, 0.3) is 11.1 Å². The molecule has 0 saturated carbocycles. The summed E-state index contributed by atoms with van der Waals surface area (Å²) in [5.41, 5.74) is 2.55. The van der Waals surface area contributed by atoms with E-state index in [-0.39, 0.29) is 6.04 Å². The highest BCUT2D eigenvalue weighted by Crippen LogP contribution is 2.30. The highest BCUT2D eigenvalue weighted by atomic mass is 16.6. The Balaban J connectivity index is 1.32. The number of esters is 1. The lowest BCUT2D eigenvalue weighted by molar-refractivity contribution is -0.148. The molecule has 1 aliphatic rings. The normalized spacial score (nSPS) is 15.4. The summed E-state index contributed by atoms with van der Waals surface area (Å²) >= 11 is 0. The minimum atomic E-state index is -0.647. The number of methoxy groups -OCH3 is 2. The molecule has 1 aliphatic heterocycles. The van der Waals surface area contributed by atoms with Gasteiger partial charge in [-0.15, -0.1) is 0 Å². The Hall–Kier alpha value is -3.46. The molecule has 0 aliphatic carbocycles. The molecule has 4 rings (SSSR count). The number of piperidine rings is 1. The first-order valence-corrected chi connectivity index (χ1v) is 12.5.